The highest BCUT2D eigenvalue weighted by molar-refractivity contribution is 5.99. The Morgan fingerprint density at radius 1 is 0.455 bits per heavy atom. The molecule has 0 amide bonds. The lowest BCUT2D eigenvalue weighted by atomic mass is 9.94. The van der Waals surface area contributed by atoms with E-state index in [0.717, 1.165) is 25.7 Å². The number of hydrogen-bond acceptors (Lipinski definition) is 4. The Balaban J connectivity index is 3.55. The summed E-state index contributed by atoms with van der Waals surface area (Å²) >= 11 is 0. The van der Waals surface area contributed by atoms with Gasteiger partial charge in [0.25, 0.3) is 0 Å². The third-order valence-electron chi connectivity index (χ3n) is 6.48. The Hall–Kier alpha value is -1.06. The molecule has 0 fully saturated rings. The van der Waals surface area contributed by atoms with E-state index in [1.807, 2.05) is 0 Å². The Morgan fingerprint density at radius 2 is 0.697 bits per heavy atom. The minimum atomic E-state index is -1.22. The van der Waals surface area contributed by atoms with Crippen LogP contribution in [0.3, 0.4) is 0 Å². The highest BCUT2D eigenvalue weighted by Crippen LogP contribution is 2.20. The fourth-order valence-electron chi connectivity index (χ4n) is 3.95. The average molecular weight is 469 g/mol. The fourth-order valence-corrected chi connectivity index (χ4v) is 3.95. The molecule has 0 aromatic rings. The summed E-state index contributed by atoms with van der Waals surface area (Å²) in [5.41, 5.74) is -1.22. The molecule has 0 N–H and O–H groups in total. The standard InChI is InChI=1S/C29H56O4/c1-5-7-9-11-12-13-14-15-16-17-18-19-20-22-24-26-33-28(31)29(3,4)27(30)32-25-23-21-10-8-6-2/h5-26H2,1-4H3. The predicted molar refractivity (Wildman–Crippen MR) is 139 cm³/mol. The smallest absolute Gasteiger partial charge is 0.322 e. The van der Waals surface area contributed by atoms with Crippen molar-refractivity contribution in [2.45, 2.75) is 156 Å². The van der Waals surface area contributed by atoms with Gasteiger partial charge in [-0.05, 0) is 26.7 Å². The van der Waals surface area contributed by atoms with E-state index in [4.69, 9.17) is 9.47 Å². The third kappa shape index (κ3) is 19.0. The molecule has 33 heavy (non-hydrogen) atoms. The van der Waals surface area contributed by atoms with Gasteiger partial charge in [-0.1, -0.05) is 129 Å². The molecule has 0 aliphatic carbocycles. The number of esters is 2. The molecule has 0 spiro atoms. The number of carbonyl (C=O) groups is 2. The van der Waals surface area contributed by atoms with Crippen molar-refractivity contribution in [3.05, 3.63) is 0 Å². The Kier molecular flexibility index (Phi) is 22.0. The second kappa shape index (κ2) is 22.7. The van der Waals surface area contributed by atoms with Crippen molar-refractivity contribution >= 4 is 11.9 Å². The van der Waals surface area contributed by atoms with Gasteiger partial charge in [0.05, 0.1) is 13.2 Å². The molecule has 0 aromatic carbocycles. The molecule has 0 bridgehead atoms. The highest BCUT2D eigenvalue weighted by Gasteiger charge is 2.39. The first-order valence-electron chi connectivity index (χ1n) is 14.3. The van der Waals surface area contributed by atoms with E-state index in [2.05, 4.69) is 13.8 Å². The Labute approximate surface area is 206 Å². The lowest BCUT2D eigenvalue weighted by Crippen LogP contribution is -2.37. The summed E-state index contributed by atoms with van der Waals surface area (Å²) in [6.07, 6.45) is 25.1. The molecule has 0 rings (SSSR count). The molecule has 0 heterocycles. The minimum Gasteiger partial charge on any atom is -0.465 e. The molecule has 0 radical (unpaired) electrons. The summed E-state index contributed by atoms with van der Waals surface area (Å²) in [7, 11) is 0. The summed E-state index contributed by atoms with van der Waals surface area (Å²) < 4.78 is 10.7. The van der Waals surface area contributed by atoms with Gasteiger partial charge < -0.3 is 9.47 Å². The van der Waals surface area contributed by atoms with Gasteiger partial charge in [-0.3, -0.25) is 9.59 Å². The van der Waals surface area contributed by atoms with E-state index in [1.54, 1.807) is 13.8 Å². The van der Waals surface area contributed by atoms with Crippen molar-refractivity contribution < 1.29 is 19.1 Å². The van der Waals surface area contributed by atoms with Gasteiger partial charge in [0.15, 0.2) is 5.41 Å². The molecule has 0 aliphatic rings. The van der Waals surface area contributed by atoms with Crippen molar-refractivity contribution in [2.75, 3.05) is 13.2 Å². The van der Waals surface area contributed by atoms with Gasteiger partial charge in [0, 0.05) is 0 Å². The van der Waals surface area contributed by atoms with Gasteiger partial charge in [-0.15, -0.1) is 0 Å². The first kappa shape index (κ1) is 31.9. The fraction of sp³-hybridized carbons (Fsp3) is 0.931. The van der Waals surface area contributed by atoms with Crippen LogP contribution < -0.4 is 0 Å². The van der Waals surface area contributed by atoms with Crippen LogP contribution in [0.25, 0.3) is 0 Å². The molecular weight excluding hydrogens is 412 g/mol. The van der Waals surface area contributed by atoms with Crippen LogP contribution in [0, 0.1) is 5.41 Å². The molecule has 0 saturated carbocycles. The zero-order chi connectivity index (χ0) is 24.6. The van der Waals surface area contributed by atoms with Gasteiger partial charge in [-0.25, -0.2) is 0 Å². The Bertz CT molecular complexity index is 459. The van der Waals surface area contributed by atoms with Crippen LogP contribution in [0.4, 0.5) is 0 Å². The van der Waals surface area contributed by atoms with E-state index >= 15 is 0 Å². The summed E-state index contributed by atoms with van der Waals surface area (Å²) in [5.74, 6) is -0.941. The minimum absolute atomic E-state index is 0.387. The number of carbonyl (C=O) groups excluding carboxylic acids is 2. The van der Waals surface area contributed by atoms with Crippen molar-refractivity contribution in [3.8, 4) is 0 Å². The van der Waals surface area contributed by atoms with Crippen LogP contribution in [-0.2, 0) is 19.1 Å². The van der Waals surface area contributed by atoms with Crippen LogP contribution in [-0.4, -0.2) is 25.2 Å². The molecule has 0 aromatic heterocycles. The van der Waals surface area contributed by atoms with Crippen LogP contribution >= 0.6 is 0 Å². The molecule has 0 atom stereocenters. The second-order valence-corrected chi connectivity index (χ2v) is 10.3. The largest absolute Gasteiger partial charge is 0.465 e. The van der Waals surface area contributed by atoms with E-state index in [0.29, 0.717) is 13.2 Å². The summed E-state index contributed by atoms with van der Waals surface area (Å²) in [6, 6.07) is 0. The van der Waals surface area contributed by atoms with E-state index < -0.39 is 17.4 Å². The van der Waals surface area contributed by atoms with E-state index in [9.17, 15) is 9.59 Å². The molecule has 4 heteroatoms. The number of unbranched alkanes of at least 4 members (excludes halogenated alkanes) is 18. The lowest BCUT2D eigenvalue weighted by molar-refractivity contribution is -0.169. The summed E-state index contributed by atoms with van der Waals surface area (Å²) in [5, 5.41) is 0. The van der Waals surface area contributed by atoms with Crippen molar-refractivity contribution in [3.63, 3.8) is 0 Å². The molecule has 0 aliphatic heterocycles. The lowest BCUT2D eigenvalue weighted by Gasteiger charge is -2.20. The molecule has 0 saturated heterocycles. The quantitative estimate of drug-likeness (QED) is 0.0805. The summed E-state index contributed by atoms with van der Waals surface area (Å²) in [4.78, 5) is 24.5. The maximum Gasteiger partial charge on any atom is 0.322 e. The first-order valence-corrected chi connectivity index (χ1v) is 14.3. The maximum absolute atomic E-state index is 12.3. The number of hydrogen-bond donors (Lipinski definition) is 0. The average Bonchev–Trinajstić information content (AvgIpc) is 2.80. The zero-order valence-corrected chi connectivity index (χ0v) is 22.7. The van der Waals surface area contributed by atoms with Crippen molar-refractivity contribution in [2.24, 2.45) is 5.41 Å². The second-order valence-electron chi connectivity index (χ2n) is 10.3. The predicted octanol–water partition coefficient (Wildman–Crippen LogP) is 8.94. The topological polar surface area (TPSA) is 52.6 Å². The monoisotopic (exact) mass is 468 g/mol. The van der Waals surface area contributed by atoms with Gasteiger partial charge >= 0.3 is 11.9 Å². The molecule has 196 valence electrons. The third-order valence-corrected chi connectivity index (χ3v) is 6.48. The molecule has 4 nitrogen and oxygen atoms in total. The van der Waals surface area contributed by atoms with Gasteiger partial charge in [0.2, 0.25) is 0 Å². The Morgan fingerprint density at radius 3 is 0.970 bits per heavy atom. The van der Waals surface area contributed by atoms with Gasteiger partial charge in [-0.2, -0.15) is 0 Å². The molecule has 0 unspecified atom stereocenters. The van der Waals surface area contributed by atoms with Crippen LogP contribution in [0.15, 0.2) is 0 Å². The first-order chi connectivity index (χ1) is 16.0. The SMILES string of the molecule is CCCCCCCCCCCCCCCCCOC(=O)C(C)(C)C(=O)OCCCCCCC. The van der Waals surface area contributed by atoms with E-state index in [-0.39, 0.29) is 0 Å². The van der Waals surface area contributed by atoms with Crippen LogP contribution in [0.1, 0.15) is 156 Å². The number of ether oxygens (including phenoxy) is 2. The van der Waals surface area contributed by atoms with Crippen molar-refractivity contribution in [1.82, 2.24) is 0 Å². The normalized spacial score (nSPS) is 11.5. The van der Waals surface area contributed by atoms with Crippen LogP contribution in [0.2, 0.25) is 0 Å². The van der Waals surface area contributed by atoms with E-state index in [1.165, 1.54) is 103 Å². The highest BCUT2D eigenvalue weighted by atomic mass is 16.6. The van der Waals surface area contributed by atoms with Crippen molar-refractivity contribution in [1.29, 1.82) is 0 Å². The molecular formula is C29H56O4. The van der Waals surface area contributed by atoms with Crippen LogP contribution in [0.5, 0.6) is 0 Å². The number of rotatable bonds is 24. The summed E-state index contributed by atoms with van der Waals surface area (Å²) in [6.45, 7) is 8.42. The zero-order valence-electron chi connectivity index (χ0n) is 22.7. The van der Waals surface area contributed by atoms with Gasteiger partial charge in [0.1, 0.15) is 0 Å². The maximum atomic E-state index is 12.3.